The number of aromatic nitrogens is 1. The molecule has 3 rings (SSSR count). The number of carbonyl (C=O) groups excluding carboxylic acids is 1. The van der Waals surface area contributed by atoms with Crippen molar-refractivity contribution in [2.45, 2.75) is 13.3 Å². The van der Waals surface area contributed by atoms with E-state index >= 15 is 0 Å². The van der Waals surface area contributed by atoms with Gasteiger partial charge in [0.15, 0.2) is 11.5 Å². The van der Waals surface area contributed by atoms with E-state index in [0.717, 1.165) is 37.3 Å². The standard InChI is InChI=1S/C15H19N3O3/c1-11-17-13-10-12(2-3-14(13)21-11)20-9-4-15(19)18-7-5-16-6-8-18/h2-3,10,16H,4-9H2,1H3. The van der Waals surface area contributed by atoms with Crippen LogP contribution in [0, 0.1) is 6.92 Å². The molecule has 1 aliphatic heterocycles. The summed E-state index contributed by atoms with van der Waals surface area (Å²) in [6.45, 7) is 5.49. The van der Waals surface area contributed by atoms with Gasteiger partial charge in [0.2, 0.25) is 5.91 Å². The second-order valence-corrected chi connectivity index (χ2v) is 5.09. The van der Waals surface area contributed by atoms with Crippen LogP contribution in [0.15, 0.2) is 22.6 Å². The van der Waals surface area contributed by atoms with Crippen molar-refractivity contribution >= 4 is 17.0 Å². The molecule has 6 heteroatoms. The first-order chi connectivity index (χ1) is 10.2. The maximum atomic E-state index is 12.0. The monoisotopic (exact) mass is 289 g/mol. The summed E-state index contributed by atoms with van der Waals surface area (Å²) in [7, 11) is 0. The highest BCUT2D eigenvalue weighted by molar-refractivity contribution is 5.76. The summed E-state index contributed by atoms with van der Waals surface area (Å²) < 4.78 is 11.1. The zero-order valence-corrected chi connectivity index (χ0v) is 12.1. The average Bonchev–Trinajstić information content (AvgIpc) is 2.87. The summed E-state index contributed by atoms with van der Waals surface area (Å²) >= 11 is 0. The van der Waals surface area contributed by atoms with Crippen molar-refractivity contribution in [3.63, 3.8) is 0 Å². The van der Waals surface area contributed by atoms with Crippen molar-refractivity contribution in [3.8, 4) is 5.75 Å². The van der Waals surface area contributed by atoms with Gasteiger partial charge in [-0.1, -0.05) is 0 Å². The number of ether oxygens (including phenoxy) is 1. The first kappa shape index (κ1) is 13.9. The van der Waals surface area contributed by atoms with Gasteiger partial charge in [-0.25, -0.2) is 4.98 Å². The van der Waals surface area contributed by atoms with Gasteiger partial charge in [-0.15, -0.1) is 0 Å². The first-order valence-corrected chi connectivity index (χ1v) is 7.21. The van der Waals surface area contributed by atoms with Crippen LogP contribution in [0.1, 0.15) is 12.3 Å². The number of fused-ring (bicyclic) bond motifs is 1. The van der Waals surface area contributed by atoms with E-state index < -0.39 is 0 Å². The highest BCUT2D eigenvalue weighted by Crippen LogP contribution is 2.21. The van der Waals surface area contributed by atoms with Gasteiger partial charge in [-0.2, -0.15) is 0 Å². The molecule has 112 valence electrons. The molecule has 0 radical (unpaired) electrons. The summed E-state index contributed by atoms with van der Waals surface area (Å²) in [4.78, 5) is 18.1. The molecule has 0 spiro atoms. The first-order valence-electron chi connectivity index (χ1n) is 7.21. The van der Waals surface area contributed by atoms with Crippen LogP contribution >= 0.6 is 0 Å². The number of rotatable bonds is 4. The van der Waals surface area contributed by atoms with E-state index in [9.17, 15) is 4.79 Å². The van der Waals surface area contributed by atoms with Crippen molar-refractivity contribution in [2.24, 2.45) is 0 Å². The number of nitrogens with zero attached hydrogens (tertiary/aromatic N) is 2. The molecule has 0 aliphatic carbocycles. The predicted molar refractivity (Wildman–Crippen MR) is 78.3 cm³/mol. The average molecular weight is 289 g/mol. The lowest BCUT2D eigenvalue weighted by atomic mass is 10.3. The van der Waals surface area contributed by atoms with Crippen LogP contribution in [0.5, 0.6) is 5.75 Å². The molecule has 1 aliphatic rings. The molecule has 1 fully saturated rings. The van der Waals surface area contributed by atoms with Crippen LogP contribution in [0.4, 0.5) is 0 Å². The summed E-state index contributed by atoms with van der Waals surface area (Å²) in [6, 6.07) is 5.51. The number of nitrogens with one attached hydrogen (secondary N) is 1. The zero-order chi connectivity index (χ0) is 14.7. The number of amides is 1. The molecule has 1 amide bonds. The zero-order valence-electron chi connectivity index (χ0n) is 12.1. The third kappa shape index (κ3) is 3.33. The number of aryl methyl sites for hydroxylation is 1. The number of hydrogen-bond acceptors (Lipinski definition) is 5. The van der Waals surface area contributed by atoms with Crippen molar-refractivity contribution in [2.75, 3.05) is 32.8 Å². The van der Waals surface area contributed by atoms with Crippen molar-refractivity contribution in [3.05, 3.63) is 24.1 Å². The molecule has 2 heterocycles. The molecule has 0 bridgehead atoms. The van der Waals surface area contributed by atoms with Crippen LogP contribution < -0.4 is 10.1 Å². The fourth-order valence-electron chi connectivity index (χ4n) is 2.44. The second kappa shape index (κ2) is 6.13. The molecular weight excluding hydrogens is 270 g/mol. The van der Waals surface area contributed by atoms with E-state index in [1.54, 1.807) is 0 Å². The topological polar surface area (TPSA) is 67.6 Å². The molecule has 0 saturated carbocycles. The normalized spacial score (nSPS) is 15.4. The molecule has 0 atom stereocenters. The number of benzene rings is 1. The molecule has 1 aromatic heterocycles. The lowest BCUT2D eigenvalue weighted by Crippen LogP contribution is -2.46. The Bertz CT molecular complexity index is 632. The Morgan fingerprint density at radius 3 is 3.05 bits per heavy atom. The minimum Gasteiger partial charge on any atom is -0.493 e. The van der Waals surface area contributed by atoms with E-state index in [-0.39, 0.29) is 5.91 Å². The lowest BCUT2D eigenvalue weighted by molar-refractivity contribution is -0.132. The van der Waals surface area contributed by atoms with E-state index in [1.807, 2.05) is 30.0 Å². The fraction of sp³-hybridized carbons (Fsp3) is 0.467. The highest BCUT2D eigenvalue weighted by atomic mass is 16.5. The van der Waals surface area contributed by atoms with Gasteiger partial charge in [0.1, 0.15) is 11.3 Å². The third-order valence-electron chi connectivity index (χ3n) is 3.52. The van der Waals surface area contributed by atoms with E-state index in [1.165, 1.54) is 0 Å². The molecule has 21 heavy (non-hydrogen) atoms. The van der Waals surface area contributed by atoms with Crippen molar-refractivity contribution in [1.29, 1.82) is 0 Å². The Labute approximate surface area is 123 Å². The molecule has 2 aromatic rings. The summed E-state index contributed by atoms with van der Waals surface area (Å²) in [5, 5.41) is 3.23. The SMILES string of the molecule is Cc1nc2cc(OCCC(=O)N3CCNCC3)ccc2o1. The van der Waals surface area contributed by atoms with E-state index in [0.29, 0.717) is 24.7 Å². The third-order valence-corrected chi connectivity index (χ3v) is 3.52. The quantitative estimate of drug-likeness (QED) is 0.920. The summed E-state index contributed by atoms with van der Waals surface area (Å²) in [6.07, 6.45) is 0.399. The van der Waals surface area contributed by atoms with Gasteiger partial charge >= 0.3 is 0 Å². The Morgan fingerprint density at radius 1 is 1.43 bits per heavy atom. The van der Waals surface area contributed by atoms with Crippen LogP contribution in [-0.4, -0.2) is 48.6 Å². The van der Waals surface area contributed by atoms with Gasteiger partial charge < -0.3 is 19.4 Å². The van der Waals surface area contributed by atoms with E-state index in [2.05, 4.69) is 10.3 Å². The predicted octanol–water partition coefficient (Wildman–Crippen LogP) is 1.34. The Kier molecular flexibility index (Phi) is 4.06. The maximum absolute atomic E-state index is 12.0. The Morgan fingerprint density at radius 2 is 2.24 bits per heavy atom. The largest absolute Gasteiger partial charge is 0.493 e. The van der Waals surface area contributed by atoms with Gasteiger partial charge in [0, 0.05) is 39.2 Å². The smallest absolute Gasteiger partial charge is 0.226 e. The highest BCUT2D eigenvalue weighted by Gasteiger charge is 2.15. The minimum absolute atomic E-state index is 0.148. The maximum Gasteiger partial charge on any atom is 0.226 e. The summed E-state index contributed by atoms with van der Waals surface area (Å²) in [5.41, 5.74) is 1.52. The molecular formula is C15H19N3O3. The van der Waals surface area contributed by atoms with Gasteiger partial charge in [0.05, 0.1) is 13.0 Å². The number of oxazole rings is 1. The minimum atomic E-state index is 0.148. The number of hydrogen-bond donors (Lipinski definition) is 1. The lowest BCUT2D eigenvalue weighted by Gasteiger charge is -2.27. The van der Waals surface area contributed by atoms with Crippen molar-refractivity contribution in [1.82, 2.24) is 15.2 Å². The number of carbonyl (C=O) groups is 1. The molecule has 6 nitrogen and oxygen atoms in total. The Hall–Kier alpha value is -2.08. The van der Waals surface area contributed by atoms with Crippen molar-refractivity contribution < 1.29 is 13.9 Å². The summed E-state index contributed by atoms with van der Waals surface area (Å²) in [5.74, 6) is 1.50. The fourth-order valence-corrected chi connectivity index (χ4v) is 2.44. The Balaban J connectivity index is 1.52. The van der Waals surface area contributed by atoms with Crippen LogP contribution in [-0.2, 0) is 4.79 Å². The van der Waals surface area contributed by atoms with E-state index in [4.69, 9.17) is 9.15 Å². The molecule has 0 unspecified atom stereocenters. The number of piperazine rings is 1. The van der Waals surface area contributed by atoms with Crippen LogP contribution in [0.2, 0.25) is 0 Å². The van der Waals surface area contributed by atoms with Gasteiger partial charge in [-0.05, 0) is 12.1 Å². The molecule has 1 aromatic carbocycles. The van der Waals surface area contributed by atoms with Gasteiger partial charge in [-0.3, -0.25) is 4.79 Å². The van der Waals surface area contributed by atoms with Gasteiger partial charge in [0.25, 0.3) is 0 Å². The second-order valence-electron chi connectivity index (χ2n) is 5.09. The molecule has 1 N–H and O–H groups in total. The van der Waals surface area contributed by atoms with Crippen LogP contribution in [0.3, 0.4) is 0 Å². The molecule has 1 saturated heterocycles. The van der Waals surface area contributed by atoms with Crippen LogP contribution in [0.25, 0.3) is 11.1 Å².